The first-order valence-corrected chi connectivity index (χ1v) is 10.5. The maximum absolute atomic E-state index is 12.1. The lowest BCUT2D eigenvalue weighted by atomic mass is 10.1. The number of esters is 1. The number of halogens is 2. The summed E-state index contributed by atoms with van der Waals surface area (Å²) in [6.07, 6.45) is 1.44. The fourth-order valence-corrected chi connectivity index (χ4v) is 3.15. The topological polar surface area (TPSA) is 130 Å². The fraction of sp³-hybridized carbons (Fsp3) is 0.182. The van der Waals surface area contributed by atoms with Crippen molar-refractivity contribution in [3.05, 3.63) is 68.9 Å². The predicted molar refractivity (Wildman–Crippen MR) is 123 cm³/mol. The molecule has 3 rings (SSSR count). The van der Waals surface area contributed by atoms with E-state index in [0.29, 0.717) is 27.9 Å². The molecule has 9 nitrogen and oxygen atoms in total. The summed E-state index contributed by atoms with van der Waals surface area (Å²) in [5.41, 5.74) is 0.778. The number of ether oxygens (including phenoxy) is 1. The number of rotatable bonds is 6. The van der Waals surface area contributed by atoms with Crippen molar-refractivity contribution in [2.24, 2.45) is 4.99 Å². The first kappa shape index (κ1) is 24.1. The number of amides is 2. The van der Waals surface area contributed by atoms with Crippen LogP contribution in [0.4, 0.5) is 5.69 Å². The highest BCUT2D eigenvalue weighted by atomic mass is 35.5. The van der Waals surface area contributed by atoms with Crippen LogP contribution in [0.1, 0.15) is 25.4 Å². The zero-order valence-electron chi connectivity index (χ0n) is 17.6. The summed E-state index contributed by atoms with van der Waals surface area (Å²) in [6.45, 7) is 3.35. The lowest BCUT2D eigenvalue weighted by molar-refractivity contribution is -0.138. The predicted octanol–water partition coefficient (Wildman–Crippen LogP) is 4.03. The van der Waals surface area contributed by atoms with Crippen LogP contribution in [0.5, 0.6) is 0 Å². The average Bonchev–Trinajstić information content (AvgIpc) is 3.32. The van der Waals surface area contributed by atoms with Gasteiger partial charge in [0.2, 0.25) is 0 Å². The van der Waals surface area contributed by atoms with E-state index in [1.165, 1.54) is 24.3 Å². The molecule has 172 valence electrons. The maximum Gasteiger partial charge on any atom is 0.343 e. The van der Waals surface area contributed by atoms with Crippen molar-refractivity contribution in [1.82, 2.24) is 5.32 Å². The molecule has 2 heterocycles. The van der Waals surface area contributed by atoms with Crippen molar-refractivity contribution < 1.29 is 28.6 Å². The van der Waals surface area contributed by atoms with E-state index < -0.39 is 17.8 Å². The standard InChI is InChI=1S/C22H19Cl2N3O6/c1-3-32-22(31)18-11(2)26-17(19(18)28)9-13-5-6-14(33-13)10-25-20(29)21(30)27-12-4-7-15(23)16(24)8-12/h4-9,28H,3,10H2,1-2H3,(H,25,29)(H,27,30). The van der Waals surface area contributed by atoms with Crippen molar-refractivity contribution >= 4 is 58.5 Å². The van der Waals surface area contributed by atoms with Crippen LogP contribution in [0.3, 0.4) is 0 Å². The van der Waals surface area contributed by atoms with E-state index in [1.54, 1.807) is 26.0 Å². The Labute approximate surface area is 198 Å². The molecule has 2 aromatic rings. The monoisotopic (exact) mass is 491 g/mol. The van der Waals surface area contributed by atoms with Crippen LogP contribution in [0.2, 0.25) is 10.0 Å². The second-order valence-electron chi connectivity index (χ2n) is 6.74. The molecule has 0 spiro atoms. The Morgan fingerprint density at radius 1 is 1.15 bits per heavy atom. The number of anilines is 1. The Morgan fingerprint density at radius 3 is 2.61 bits per heavy atom. The minimum atomic E-state index is -0.889. The number of benzene rings is 1. The highest BCUT2D eigenvalue weighted by Gasteiger charge is 2.27. The molecule has 0 saturated carbocycles. The van der Waals surface area contributed by atoms with Crippen molar-refractivity contribution in [3.63, 3.8) is 0 Å². The molecule has 0 aliphatic carbocycles. The third-order valence-corrected chi connectivity index (χ3v) is 5.12. The second-order valence-corrected chi connectivity index (χ2v) is 7.56. The van der Waals surface area contributed by atoms with Gasteiger partial charge in [-0.25, -0.2) is 9.79 Å². The van der Waals surface area contributed by atoms with Crippen molar-refractivity contribution in [1.29, 1.82) is 0 Å². The number of carbonyl (C=O) groups is 3. The molecule has 33 heavy (non-hydrogen) atoms. The number of carbonyl (C=O) groups excluding carboxylic acids is 3. The van der Waals surface area contributed by atoms with Gasteiger partial charge in [0, 0.05) is 11.8 Å². The van der Waals surface area contributed by atoms with Crippen molar-refractivity contribution in [3.8, 4) is 0 Å². The van der Waals surface area contributed by atoms with Crippen LogP contribution in [0.25, 0.3) is 6.08 Å². The van der Waals surface area contributed by atoms with Gasteiger partial charge in [-0.15, -0.1) is 0 Å². The smallest absolute Gasteiger partial charge is 0.343 e. The van der Waals surface area contributed by atoms with Crippen LogP contribution in [0.15, 0.2) is 56.8 Å². The summed E-state index contributed by atoms with van der Waals surface area (Å²) in [4.78, 5) is 40.2. The third kappa shape index (κ3) is 5.82. The van der Waals surface area contributed by atoms with Gasteiger partial charge in [-0.1, -0.05) is 23.2 Å². The number of aliphatic hydroxyl groups excluding tert-OH is 1. The third-order valence-electron chi connectivity index (χ3n) is 4.38. The molecule has 0 unspecified atom stereocenters. The van der Waals surface area contributed by atoms with Crippen LogP contribution in [-0.4, -0.2) is 35.2 Å². The van der Waals surface area contributed by atoms with Crippen LogP contribution in [-0.2, 0) is 25.7 Å². The summed E-state index contributed by atoms with van der Waals surface area (Å²) < 4.78 is 10.5. The fourth-order valence-electron chi connectivity index (χ4n) is 2.85. The minimum Gasteiger partial charge on any atom is -0.505 e. The number of furan rings is 1. The van der Waals surface area contributed by atoms with Crippen LogP contribution < -0.4 is 10.6 Å². The zero-order valence-corrected chi connectivity index (χ0v) is 19.1. The summed E-state index contributed by atoms with van der Waals surface area (Å²) in [7, 11) is 0. The van der Waals surface area contributed by atoms with E-state index in [4.69, 9.17) is 32.4 Å². The first-order valence-electron chi connectivity index (χ1n) is 9.70. The van der Waals surface area contributed by atoms with Gasteiger partial charge >= 0.3 is 17.8 Å². The lowest BCUT2D eigenvalue weighted by Gasteiger charge is -2.06. The highest BCUT2D eigenvalue weighted by molar-refractivity contribution is 6.43. The molecule has 1 aliphatic rings. The molecular weight excluding hydrogens is 473 g/mol. The Hall–Kier alpha value is -3.56. The molecule has 1 aliphatic heterocycles. The second kappa shape index (κ2) is 10.4. The zero-order chi connectivity index (χ0) is 24.1. The van der Waals surface area contributed by atoms with Gasteiger partial charge < -0.3 is 24.9 Å². The van der Waals surface area contributed by atoms with Crippen molar-refractivity contribution in [2.75, 3.05) is 11.9 Å². The van der Waals surface area contributed by atoms with Gasteiger partial charge in [0.15, 0.2) is 5.76 Å². The van der Waals surface area contributed by atoms with E-state index >= 15 is 0 Å². The lowest BCUT2D eigenvalue weighted by Crippen LogP contribution is -2.34. The summed E-state index contributed by atoms with van der Waals surface area (Å²) in [6, 6.07) is 7.60. The van der Waals surface area contributed by atoms with E-state index in [2.05, 4.69) is 15.6 Å². The van der Waals surface area contributed by atoms with Gasteiger partial charge in [0.1, 0.15) is 22.8 Å². The minimum absolute atomic E-state index is 0.00451. The quantitative estimate of drug-likeness (QED) is 0.412. The number of hydrogen-bond acceptors (Lipinski definition) is 7. The van der Waals surface area contributed by atoms with Crippen LogP contribution >= 0.6 is 23.2 Å². The van der Waals surface area contributed by atoms with Crippen molar-refractivity contribution in [2.45, 2.75) is 20.4 Å². The van der Waals surface area contributed by atoms with E-state index in [0.717, 1.165) is 0 Å². The van der Waals surface area contributed by atoms with Crippen LogP contribution in [0, 0.1) is 0 Å². The maximum atomic E-state index is 12.1. The van der Waals surface area contributed by atoms with Gasteiger partial charge in [0.25, 0.3) is 0 Å². The van der Waals surface area contributed by atoms with E-state index in [9.17, 15) is 19.5 Å². The molecule has 0 bridgehead atoms. The summed E-state index contributed by atoms with van der Waals surface area (Å²) in [5, 5.41) is 15.7. The normalized spacial score (nSPS) is 14.3. The summed E-state index contributed by atoms with van der Waals surface area (Å²) in [5.74, 6) is -2.07. The van der Waals surface area contributed by atoms with Gasteiger partial charge in [-0.2, -0.15) is 0 Å². The molecule has 0 fully saturated rings. The molecular formula is C22H19Cl2N3O6. The molecule has 1 aromatic carbocycles. The number of nitrogens with one attached hydrogen (secondary N) is 2. The summed E-state index contributed by atoms with van der Waals surface area (Å²) >= 11 is 11.7. The Balaban J connectivity index is 1.61. The molecule has 2 amide bonds. The van der Waals surface area contributed by atoms with Gasteiger partial charge in [-0.05, 0) is 44.2 Å². The molecule has 0 atom stereocenters. The SMILES string of the molecule is CCOC(=O)C1=C(O)C(=Cc2ccc(CNC(=O)C(=O)Nc3ccc(Cl)c(Cl)c3)o2)N=C1C. The molecule has 0 radical (unpaired) electrons. The molecule has 11 heteroatoms. The Morgan fingerprint density at radius 2 is 1.91 bits per heavy atom. The van der Waals surface area contributed by atoms with E-state index in [1.807, 2.05) is 0 Å². The Bertz CT molecular complexity index is 1210. The molecule has 3 N–H and O–H groups in total. The average molecular weight is 492 g/mol. The number of aliphatic hydroxyl groups is 1. The van der Waals surface area contributed by atoms with E-state index in [-0.39, 0.29) is 35.2 Å². The number of aliphatic imine (C=N–C) groups is 1. The largest absolute Gasteiger partial charge is 0.505 e. The number of hydrogen-bond donors (Lipinski definition) is 3. The number of nitrogens with zero attached hydrogens (tertiary/aromatic N) is 1. The molecule has 0 saturated heterocycles. The van der Waals surface area contributed by atoms with Gasteiger partial charge in [0.05, 0.1) is 28.9 Å². The highest BCUT2D eigenvalue weighted by Crippen LogP contribution is 2.27. The van der Waals surface area contributed by atoms with Gasteiger partial charge in [-0.3, -0.25) is 9.59 Å². The first-order chi connectivity index (χ1) is 15.7. The Kier molecular flexibility index (Phi) is 7.57. The molecule has 1 aromatic heterocycles.